The first-order chi connectivity index (χ1) is 4.72. The van der Waals surface area contributed by atoms with Gasteiger partial charge in [-0.3, -0.25) is 4.79 Å². The predicted molar refractivity (Wildman–Crippen MR) is 34.0 cm³/mol. The van der Waals surface area contributed by atoms with Crippen LogP contribution in [0.2, 0.25) is 0 Å². The number of hydrogen-bond acceptors (Lipinski definition) is 3. The van der Waals surface area contributed by atoms with Crippen LogP contribution < -0.4 is 5.48 Å². The van der Waals surface area contributed by atoms with E-state index in [0.29, 0.717) is 6.54 Å². The highest BCUT2D eigenvalue weighted by molar-refractivity contribution is 5.73. The van der Waals surface area contributed by atoms with Crippen LogP contribution in [0, 0.1) is 0 Å². The monoisotopic (exact) mass is 146 g/mol. The van der Waals surface area contributed by atoms with Crippen LogP contribution in [0.1, 0.15) is 6.92 Å². The van der Waals surface area contributed by atoms with Gasteiger partial charge in [0.25, 0.3) is 0 Å². The number of amides is 2. The zero-order chi connectivity index (χ0) is 7.98. The van der Waals surface area contributed by atoms with Crippen molar-refractivity contribution >= 4 is 12.5 Å². The molecule has 0 aromatic rings. The van der Waals surface area contributed by atoms with E-state index in [0.717, 1.165) is 0 Å². The van der Waals surface area contributed by atoms with E-state index in [2.05, 4.69) is 4.84 Å². The molecule has 0 saturated carbocycles. The Bertz CT molecular complexity index is 126. The standard InChI is InChI=1S/C5H10N2O3/c1-3-7(2)5(9)6-10-4-8/h4H,3H2,1-2H3,(H,6,9). The summed E-state index contributed by atoms with van der Waals surface area (Å²) in [6.45, 7) is 2.52. The first-order valence-corrected chi connectivity index (χ1v) is 2.82. The summed E-state index contributed by atoms with van der Waals surface area (Å²) in [5, 5.41) is 0. The van der Waals surface area contributed by atoms with Crippen molar-refractivity contribution in [3.63, 3.8) is 0 Å². The molecule has 0 rings (SSSR count). The largest absolute Gasteiger partial charge is 0.350 e. The summed E-state index contributed by atoms with van der Waals surface area (Å²) < 4.78 is 0. The maximum absolute atomic E-state index is 10.7. The molecule has 0 radical (unpaired) electrons. The molecule has 5 heteroatoms. The third-order valence-corrected chi connectivity index (χ3v) is 1.02. The van der Waals surface area contributed by atoms with Crippen molar-refractivity contribution in [1.29, 1.82) is 0 Å². The third-order valence-electron chi connectivity index (χ3n) is 1.02. The average Bonchev–Trinajstić information content (AvgIpc) is 1.98. The molecule has 0 saturated heterocycles. The number of rotatable bonds is 3. The minimum Gasteiger partial charge on any atom is -0.343 e. The second kappa shape index (κ2) is 4.60. The van der Waals surface area contributed by atoms with Crippen molar-refractivity contribution in [2.45, 2.75) is 6.92 Å². The van der Waals surface area contributed by atoms with E-state index in [-0.39, 0.29) is 6.47 Å². The van der Waals surface area contributed by atoms with Crippen LogP contribution in [0.25, 0.3) is 0 Å². The molecule has 58 valence electrons. The van der Waals surface area contributed by atoms with Crippen molar-refractivity contribution in [1.82, 2.24) is 10.4 Å². The molecular formula is C5H10N2O3. The molecule has 0 atom stereocenters. The van der Waals surface area contributed by atoms with Gasteiger partial charge >= 0.3 is 12.5 Å². The molecule has 0 aliphatic carbocycles. The van der Waals surface area contributed by atoms with Gasteiger partial charge in [-0.2, -0.15) is 5.48 Å². The van der Waals surface area contributed by atoms with Crippen molar-refractivity contribution in [3.05, 3.63) is 0 Å². The number of nitrogens with one attached hydrogen (secondary N) is 1. The predicted octanol–water partition coefficient (Wildman–Crippen LogP) is -0.264. The molecule has 0 unspecified atom stereocenters. The lowest BCUT2D eigenvalue weighted by atomic mass is 10.6. The van der Waals surface area contributed by atoms with E-state index < -0.39 is 6.03 Å². The number of hydrogen-bond donors (Lipinski definition) is 1. The molecular weight excluding hydrogens is 136 g/mol. The molecule has 0 fully saturated rings. The van der Waals surface area contributed by atoms with Gasteiger partial charge in [0.1, 0.15) is 0 Å². The van der Waals surface area contributed by atoms with E-state index in [4.69, 9.17) is 0 Å². The minimum atomic E-state index is -0.436. The minimum absolute atomic E-state index is 0.154. The summed E-state index contributed by atoms with van der Waals surface area (Å²) in [5.41, 5.74) is 1.90. The number of hydroxylamine groups is 1. The average molecular weight is 146 g/mol. The smallest absolute Gasteiger partial charge is 0.343 e. The molecule has 1 N–H and O–H groups in total. The molecule has 2 amide bonds. The van der Waals surface area contributed by atoms with Gasteiger partial charge in [0, 0.05) is 13.6 Å². The normalized spacial score (nSPS) is 8.20. The van der Waals surface area contributed by atoms with Crippen molar-refractivity contribution in [2.24, 2.45) is 0 Å². The van der Waals surface area contributed by atoms with Gasteiger partial charge in [-0.15, -0.1) is 0 Å². The van der Waals surface area contributed by atoms with Gasteiger partial charge in [-0.05, 0) is 6.92 Å². The molecule has 0 bridgehead atoms. The summed E-state index contributed by atoms with van der Waals surface area (Å²) in [4.78, 5) is 25.6. The zero-order valence-corrected chi connectivity index (χ0v) is 5.96. The van der Waals surface area contributed by atoms with Gasteiger partial charge < -0.3 is 9.74 Å². The Morgan fingerprint density at radius 2 is 2.40 bits per heavy atom. The van der Waals surface area contributed by atoms with Gasteiger partial charge in [0.15, 0.2) is 0 Å². The molecule has 5 nitrogen and oxygen atoms in total. The Kier molecular flexibility index (Phi) is 4.02. The highest BCUT2D eigenvalue weighted by Gasteiger charge is 2.03. The lowest BCUT2D eigenvalue weighted by Crippen LogP contribution is -2.36. The fraction of sp³-hybridized carbons (Fsp3) is 0.600. The summed E-state index contributed by atoms with van der Waals surface area (Å²) >= 11 is 0. The van der Waals surface area contributed by atoms with Crippen LogP contribution in [0.3, 0.4) is 0 Å². The number of urea groups is 1. The number of carbonyl (C=O) groups excluding carboxylic acids is 2. The highest BCUT2D eigenvalue weighted by atomic mass is 16.7. The second-order valence-corrected chi connectivity index (χ2v) is 1.64. The fourth-order valence-corrected chi connectivity index (χ4v) is 0.296. The fourth-order valence-electron chi connectivity index (χ4n) is 0.296. The van der Waals surface area contributed by atoms with Crippen LogP contribution in [-0.2, 0) is 9.63 Å². The molecule has 10 heavy (non-hydrogen) atoms. The van der Waals surface area contributed by atoms with E-state index in [1.807, 2.05) is 5.48 Å². The lowest BCUT2D eigenvalue weighted by Gasteiger charge is -2.12. The van der Waals surface area contributed by atoms with Crippen LogP contribution in [0.15, 0.2) is 0 Å². The molecule has 0 heterocycles. The van der Waals surface area contributed by atoms with Gasteiger partial charge in [-0.1, -0.05) is 0 Å². The highest BCUT2D eigenvalue weighted by Crippen LogP contribution is 1.80. The Labute approximate surface area is 58.9 Å². The summed E-state index contributed by atoms with van der Waals surface area (Å²) in [6, 6.07) is -0.436. The van der Waals surface area contributed by atoms with Crippen LogP contribution >= 0.6 is 0 Å². The van der Waals surface area contributed by atoms with Crippen molar-refractivity contribution in [2.75, 3.05) is 13.6 Å². The Morgan fingerprint density at radius 1 is 1.80 bits per heavy atom. The summed E-state index contributed by atoms with van der Waals surface area (Å²) in [7, 11) is 1.59. The lowest BCUT2D eigenvalue weighted by molar-refractivity contribution is -0.133. The first kappa shape index (κ1) is 8.74. The Hall–Kier alpha value is -1.26. The Morgan fingerprint density at radius 3 is 2.80 bits per heavy atom. The van der Waals surface area contributed by atoms with Gasteiger partial charge in [0.2, 0.25) is 0 Å². The SMILES string of the molecule is CCN(C)C(=O)NOC=O. The van der Waals surface area contributed by atoms with E-state index in [9.17, 15) is 9.59 Å². The molecule has 0 spiro atoms. The summed E-state index contributed by atoms with van der Waals surface area (Å²) in [6.07, 6.45) is 0. The summed E-state index contributed by atoms with van der Waals surface area (Å²) in [5.74, 6) is 0. The van der Waals surface area contributed by atoms with Crippen LogP contribution in [0.5, 0.6) is 0 Å². The van der Waals surface area contributed by atoms with E-state index in [1.165, 1.54) is 4.90 Å². The molecule has 0 aliphatic heterocycles. The van der Waals surface area contributed by atoms with Gasteiger partial charge in [0.05, 0.1) is 0 Å². The number of carbonyl (C=O) groups is 2. The quantitative estimate of drug-likeness (QED) is 0.440. The third kappa shape index (κ3) is 2.91. The second-order valence-electron chi connectivity index (χ2n) is 1.64. The molecule has 0 aromatic heterocycles. The number of nitrogens with zero attached hydrogens (tertiary/aromatic N) is 1. The first-order valence-electron chi connectivity index (χ1n) is 2.82. The maximum atomic E-state index is 10.7. The van der Waals surface area contributed by atoms with Crippen LogP contribution in [-0.4, -0.2) is 31.0 Å². The van der Waals surface area contributed by atoms with Crippen molar-refractivity contribution < 1.29 is 14.4 Å². The molecule has 0 aromatic carbocycles. The Balaban J connectivity index is 3.51. The van der Waals surface area contributed by atoms with Crippen molar-refractivity contribution in [3.8, 4) is 0 Å². The topological polar surface area (TPSA) is 58.6 Å². The maximum Gasteiger partial charge on any atom is 0.350 e. The van der Waals surface area contributed by atoms with Crippen LogP contribution in [0.4, 0.5) is 4.79 Å². The molecule has 0 aliphatic rings. The zero-order valence-electron chi connectivity index (χ0n) is 5.96. The van der Waals surface area contributed by atoms with E-state index in [1.54, 1.807) is 14.0 Å². The van der Waals surface area contributed by atoms with Gasteiger partial charge in [-0.25, -0.2) is 4.79 Å². The van der Waals surface area contributed by atoms with E-state index >= 15 is 0 Å².